The number of primary amides is 1. The Balaban J connectivity index is 1.59. The van der Waals surface area contributed by atoms with E-state index in [4.69, 9.17) is 10.5 Å². The number of benzene rings is 2. The molecule has 1 aliphatic heterocycles. The molecule has 1 aliphatic rings. The lowest BCUT2D eigenvalue weighted by molar-refractivity contribution is -0.265. The number of hydrogen-bond donors (Lipinski definition) is 3. The number of fused-ring (bicyclic) bond motifs is 2. The Kier molecular flexibility index (Phi) is 6.73. The number of nitrogens with one attached hydrogen (secondary N) is 1. The van der Waals surface area contributed by atoms with Crippen LogP contribution < -0.4 is 15.8 Å². The molecule has 0 bridgehead atoms. The molecule has 2 atom stereocenters. The zero-order valence-electron chi connectivity index (χ0n) is 21.4. The van der Waals surface area contributed by atoms with Gasteiger partial charge in [0.15, 0.2) is 5.82 Å². The third kappa shape index (κ3) is 4.76. The number of thiazole rings is 1. The van der Waals surface area contributed by atoms with Crippen LogP contribution >= 0.6 is 11.3 Å². The van der Waals surface area contributed by atoms with E-state index < -0.39 is 52.9 Å². The molecule has 0 spiro atoms. The molecule has 0 fully saturated rings. The molecule has 5 rings (SSSR count). The fourth-order valence-corrected chi connectivity index (χ4v) is 5.36. The summed E-state index contributed by atoms with van der Waals surface area (Å²) in [7, 11) is 0. The zero-order chi connectivity index (χ0) is 29.9. The molecule has 2 aromatic heterocycles. The standard InChI is InChI=1S/C27H21F5N4O4S/c1-12-35-21-17(29)7-14(8-18(21)41-12)23(37)34-10-26(39,27(30,31)32)19-9-16-22(40-11-25(16,2)24(33)38)20(36-19)13-3-5-15(28)6-4-13/h3-9,39H,10-11H2,1-2H3,(H2,33,38)(H,34,37)/t25-,26-/m0/s1. The summed E-state index contributed by atoms with van der Waals surface area (Å²) in [6.45, 7) is 1.26. The number of carbonyl (C=O) groups is 2. The van der Waals surface area contributed by atoms with Gasteiger partial charge in [0.1, 0.15) is 34.8 Å². The highest BCUT2D eigenvalue weighted by molar-refractivity contribution is 7.18. The van der Waals surface area contributed by atoms with Gasteiger partial charge in [-0.2, -0.15) is 13.2 Å². The molecule has 0 radical (unpaired) electrons. The van der Waals surface area contributed by atoms with Gasteiger partial charge in [-0.25, -0.2) is 18.7 Å². The highest BCUT2D eigenvalue weighted by Crippen LogP contribution is 2.47. The lowest BCUT2D eigenvalue weighted by atomic mass is 9.81. The number of rotatable bonds is 6. The number of hydrogen-bond acceptors (Lipinski definition) is 7. The van der Waals surface area contributed by atoms with Gasteiger partial charge in [-0.15, -0.1) is 11.3 Å². The van der Waals surface area contributed by atoms with Crippen LogP contribution in [0.1, 0.15) is 33.5 Å². The molecular formula is C27H21F5N4O4S. The minimum atomic E-state index is -5.39. The Morgan fingerprint density at radius 1 is 1.15 bits per heavy atom. The van der Waals surface area contributed by atoms with Gasteiger partial charge < -0.3 is 20.9 Å². The Morgan fingerprint density at radius 3 is 2.46 bits per heavy atom. The van der Waals surface area contributed by atoms with E-state index in [-0.39, 0.29) is 40.3 Å². The van der Waals surface area contributed by atoms with E-state index in [0.717, 1.165) is 35.6 Å². The highest BCUT2D eigenvalue weighted by atomic mass is 32.1. The number of aryl methyl sites for hydroxylation is 1. The predicted molar refractivity (Wildman–Crippen MR) is 138 cm³/mol. The van der Waals surface area contributed by atoms with E-state index in [9.17, 15) is 36.6 Å². The maximum Gasteiger partial charge on any atom is 0.424 e. The van der Waals surface area contributed by atoms with Crippen LogP contribution in [0.3, 0.4) is 0 Å². The second-order valence-electron chi connectivity index (χ2n) is 9.80. The van der Waals surface area contributed by atoms with Crippen LogP contribution in [-0.4, -0.2) is 46.2 Å². The minimum Gasteiger partial charge on any atom is -0.489 e. The highest BCUT2D eigenvalue weighted by Gasteiger charge is 2.57. The topological polar surface area (TPSA) is 127 Å². The van der Waals surface area contributed by atoms with E-state index in [1.54, 1.807) is 6.92 Å². The van der Waals surface area contributed by atoms with Crippen molar-refractivity contribution in [1.29, 1.82) is 0 Å². The van der Waals surface area contributed by atoms with Crippen molar-refractivity contribution in [2.24, 2.45) is 5.73 Å². The van der Waals surface area contributed by atoms with E-state index in [1.165, 1.54) is 25.1 Å². The fraction of sp³-hybridized carbons (Fsp3) is 0.259. The number of aromatic nitrogens is 2. The zero-order valence-corrected chi connectivity index (χ0v) is 22.2. The molecule has 3 heterocycles. The van der Waals surface area contributed by atoms with Gasteiger partial charge >= 0.3 is 6.18 Å². The molecule has 214 valence electrons. The fourth-order valence-electron chi connectivity index (χ4n) is 4.48. The monoisotopic (exact) mass is 592 g/mol. The number of carbonyl (C=O) groups excluding carboxylic acids is 2. The molecule has 2 amide bonds. The Morgan fingerprint density at radius 2 is 1.83 bits per heavy atom. The summed E-state index contributed by atoms with van der Waals surface area (Å²) in [4.78, 5) is 33.2. The molecule has 8 nitrogen and oxygen atoms in total. The van der Waals surface area contributed by atoms with E-state index in [2.05, 4.69) is 9.97 Å². The summed E-state index contributed by atoms with van der Waals surface area (Å²) in [5, 5.41) is 13.6. The second kappa shape index (κ2) is 9.73. The Labute approximate surface area is 233 Å². The molecule has 0 aliphatic carbocycles. The van der Waals surface area contributed by atoms with E-state index in [1.807, 2.05) is 5.32 Å². The summed E-state index contributed by atoms with van der Waals surface area (Å²) in [6, 6.07) is 7.55. The first-order valence-corrected chi connectivity index (χ1v) is 12.8. The van der Waals surface area contributed by atoms with Crippen LogP contribution in [0.2, 0.25) is 0 Å². The van der Waals surface area contributed by atoms with Crippen LogP contribution in [0.5, 0.6) is 5.75 Å². The molecule has 4 aromatic rings. The average Bonchev–Trinajstić information content (AvgIpc) is 3.46. The van der Waals surface area contributed by atoms with Gasteiger partial charge in [0.05, 0.1) is 21.9 Å². The smallest absolute Gasteiger partial charge is 0.424 e. The number of ether oxygens (including phenoxy) is 1. The van der Waals surface area contributed by atoms with Crippen molar-refractivity contribution < 1.29 is 41.4 Å². The summed E-state index contributed by atoms with van der Waals surface area (Å²) in [5.41, 5.74) is -1.19. The lowest BCUT2D eigenvalue weighted by Gasteiger charge is -2.31. The van der Waals surface area contributed by atoms with Gasteiger partial charge in [0, 0.05) is 16.7 Å². The number of aliphatic hydroxyl groups is 1. The van der Waals surface area contributed by atoms with E-state index >= 15 is 0 Å². The van der Waals surface area contributed by atoms with Crippen molar-refractivity contribution in [1.82, 2.24) is 15.3 Å². The summed E-state index contributed by atoms with van der Waals surface area (Å²) >= 11 is 1.09. The molecular weight excluding hydrogens is 571 g/mol. The second-order valence-corrected chi connectivity index (χ2v) is 11.0. The first-order valence-electron chi connectivity index (χ1n) is 12.0. The minimum absolute atomic E-state index is 0.0197. The Hall–Kier alpha value is -4.17. The van der Waals surface area contributed by atoms with Crippen molar-refractivity contribution in [3.63, 3.8) is 0 Å². The number of halogens is 5. The van der Waals surface area contributed by atoms with Crippen LogP contribution in [0.15, 0.2) is 42.5 Å². The molecule has 0 saturated carbocycles. The van der Waals surface area contributed by atoms with Gasteiger partial charge in [-0.3, -0.25) is 9.59 Å². The van der Waals surface area contributed by atoms with Gasteiger partial charge in [0.25, 0.3) is 5.91 Å². The molecule has 4 N–H and O–H groups in total. The van der Waals surface area contributed by atoms with Crippen LogP contribution in [-0.2, 0) is 15.8 Å². The average molecular weight is 593 g/mol. The normalized spacial score (nSPS) is 18.0. The van der Waals surface area contributed by atoms with Gasteiger partial charge in [-0.1, -0.05) is 0 Å². The molecule has 14 heteroatoms. The van der Waals surface area contributed by atoms with Crippen molar-refractivity contribution in [3.05, 3.63) is 75.9 Å². The first-order chi connectivity index (χ1) is 19.1. The van der Waals surface area contributed by atoms with Gasteiger partial charge in [-0.05, 0) is 56.3 Å². The molecule has 0 saturated heterocycles. The summed E-state index contributed by atoms with van der Waals surface area (Å²) in [6.07, 6.45) is -5.39. The number of nitrogens with zero attached hydrogens (tertiary/aromatic N) is 2. The maximum atomic E-state index is 14.5. The first kappa shape index (κ1) is 28.4. The van der Waals surface area contributed by atoms with Crippen LogP contribution in [0.4, 0.5) is 22.0 Å². The molecule has 0 unspecified atom stereocenters. The molecule has 2 aromatic carbocycles. The number of nitrogens with two attached hydrogens (primary N) is 1. The number of alkyl halides is 3. The quantitative estimate of drug-likeness (QED) is 0.287. The lowest BCUT2D eigenvalue weighted by Crippen LogP contribution is -2.51. The van der Waals surface area contributed by atoms with Gasteiger partial charge in [0.2, 0.25) is 11.5 Å². The Bertz CT molecular complexity index is 1710. The summed E-state index contributed by atoms with van der Waals surface area (Å²) in [5.74, 6) is -3.51. The van der Waals surface area contributed by atoms with Crippen LogP contribution in [0.25, 0.3) is 21.5 Å². The SMILES string of the molecule is Cc1nc2c(F)cc(C(=O)NC[C@](O)(c3cc4c(c(-c5ccc(F)cc5)n3)OC[C@]4(C)C(N)=O)C(F)(F)F)cc2s1. The molecule has 41 heavy (non-hydrogen) atoms. The summed E-state index contributed by atoms with van der Waals surface area (Å²) < 4.78 is 77.6. The number of pyridine rings is 1. The maximum absolute atomic E-state index is 14.5. The number of amides is 2. The van der Waals surface area contributed by atoms with Crippen LogP contribution in [0, 0.1) is 18.6 Å². The van der Waals surface area contributed by atoms with E-state index in [0.29, 0.717) is 9.71 Å². The predicted octanol–water partition coefficient (Wildman–Crippen LogP) is 4.26. The third-order valence-corrected chi connectivity index (χ3v) is 7.87. The van der Waals surface area contributed by atoms with Crippen molar-refractivity contribution in [2.45, 2.75) is 31.0 Å². The third-order valence-electron chi connectivity index (χ3n) is 6.95. The van der Waals surface area contributed by atoms with Crippen molar-refractivity contribution in [3.8, 4) is 17.0 Å². The van der Waals surface area contributed by atoms with Crippen molar-refractivity contribution >= 4 is 33.4 Å². The largest absolute Gasteiger partial charge is 0.489 e. The van der Waals surface area contributed by atoms with Crippen molar-refractivity contribution in [2.75, 3.05) is 13.2 Å².